The Hall–Kier alpha value is -5.57. The molecular formula is C37H45N9O6. The number of carbonyl (C=O) groups excluding carboxylic acids is 5. The first kappa shape index (κ1) is 36.2. The number of phenolic OH excluding ortho intramolecular Hbond substituents is 1. The van der Waals surface area contributed by atoms with Crippen molar-refractivity contribution in [1.82, 2.24) is 30.6 Å². The Morgan fingerprint density at radius 1 is 0.865 bits per heavy atom. The molecule has 2 fully saturated rings. The summed E-state index contributed by atoms with van der Waals surface area (Å²) < 4.78 is 0. The van der Waals surface area contributed by atoms with Crippen molar-refractivity contribution in [2.45, 2.75) is 57.4 Å². The van der Waals surface area contributed by atoms with Gasteiger partial charge in [-0.25, -0.2) is 0 Å². The summed E-state index contributed by atoms with van der Waals surface area (Å²) in [7, 11) is 0. The zero-order valence-electron chi connectivity index (χ0n) is 29.1. The highest BCUT2D eigenvalue weighted by molar-refractivity contribution is 6.25. The molecule has 3 aromatic rings. The zero-order chi connectivity index (χ0) is 36.6. The van der Waals surface area contributed by atoms with Gasteiger partial charge in [0.15, 0.2) is 5.82 Å². The van der Waals surface area contributed by atoms with E-state index in [9.17, 15) is 29.1 Å². The molecular weight excluding hydrogens is 666 g/mol. The van der Waals surface area contributed by atoms with Gasteiger partial charge >= 0.3 is 0 Å². The van der Waals surface area contributed by atoms with Gasteiger partial charge in [0.05, 0.1) is 29.1 Å². The molecule has 1 aromatic heterocycles. The highest BCUT2D eigenvalue weighted by Crippen LogP contribution is 2.33. The predicted octanol–water partition coefficient (Wildman–Crippen LogP) is 2.52. The standard InChI is InChI=1S/C37H45N9O6/c38-34-29(22-27(42-43-34)24-10-5-6-13-30(24)47)45-20-18-44(19-21-45)23-32(49)40-17-8-4-2-1-3-7-16-39-26-12-9-11-25-33(26)37(52)46(36(25)51)28-14-15-31(48)41-35(28)50/h5-6,9-13,22,28,39,47H,1-4,7-8,14-21,23H2,(H2,38,43)(H,40,49)(H,41,48,50). The maximum absolute atomic E-state index is 13.2. The lowest BCUT2D eigenvalue weighted by atomic mass is 10.0. The quantitative estimate of drug-likeness (QED) is 0.114. The molecule has 15 nitrogen and oxygen atoms in total. The van der Waals surface area contributed by atoms with E-state index in [1.165, 1.54) is 0 Å². The minimum Gasteiger partial charge on any atom is -0.507 e. The normalized spacial score (nSPS) is 17.7. The molecule has 1 atom stereocenters. The van der Waals surface area contributed by atoms with Crippen LogP contribution < -0.4 is 26.6 Å². The average molecular weight is 712 g/mol. The van der Waals surface area contributed by atoms with E-state index in [4.69, 9.17) is 5.73 Å². The second-order valence-corrected chi connectivity index (χ2v) is 13.4. The molecule has 52 heavy (non-hydrogen) atoms. The number of hydrogen-bond donors (Lipinski definition) is 5. The van der Waals surface area contributed by atoms with E-state index >= 15 is 0 Å². The largest absolute Gasteiger partial charge is 0.507 e. The van der Waals surface area contributed by atoms with Crippen molar-refractivity contribution in [3.05, 3.63) is 59.7 Å². The predicted molar refractivity (Wildman–Crippen MR) is 195 cm³/mol. The molecule has 0 radical (unpaired) electrons. The summed E-state index contributed by atoms with van der Waals surface area (Å²) >= 11 is 0. The van der Waals surface area contributed by atoms with Crippen molar-refractivity contribution in [3.63, 3.8) is 0 Å². The van der Waals surface area contributed by atoms with Crippen LogP contribution in [0.3, 0.4) is 0 Å². The number of aromatic nitrogens is 2. The third kappa shape index (κ3) is 8.31. The van der Waals surface area contributed by atoms with Crippen LogP contribution in [0, 0.1) is 0 Å². The number of phenols is 1. The number of amides is 5. The third-order valence-electron chi connectivity index (χ3n) is 9.77. The van der Waals surface area contributed by atoms with Gasteiger partial charge in [0, 0.05) is 56.9 Å². The van der Waals surface area contributed by atoms with Crippen LogP contribution in [0.4, 0.5) is 17.2 Å². The van der Waals surface area contributed by atoms with Crippen molar-refractivity contribution in [1.29, 1.82) is 0 Å². The van der Waals surface area contributed by atoms with Crippen molar-refractivity contribution < 1.29 is 29.1 Å². The summed E-state index contributed by atoms with van der Waals surface area (Å²) in [5.74, 6) is -1.59. The topological polar surface area (TPSA) is 203 Å². The maximum Gasteiger partial charge on any atom is 0.264 e. The molecule has 15 heteroatoms. The number of nitrogen functional groups attached to an aromatic ring is 1. The van der Waals surface area contributed by atoms with Gasteiger partial charge in [0.25, 0.3) is 11.8 Å². The smallest absolute Gasteiger partial charge is 0.264 e. The van der Waals surface area contributed by atoms with Crippen LogP contribution in [-0.4, -0.2) is 106 Å². The first-order chi connectivity index (χ1) is 25.2. The Kier molecular flexibility index (Phi) is 11.6. The van der Waals surface area contributed by atoms with E-state index in [0.29, 0.717) is 68.6 Å². The number of unbranched alkanes of at least 4 members (excludes halogenated alkanes) is 5. The zero-order valence-corrected chi connectivity index (χ0v) is 29.1. The third-order valence-corrected chi connectivity index (χ3v) is 9.77. The number of benzene rings is 2. The number of hydrogen-bond acceptors (Lipinski definition) is 12. The lowest BCUT2D eigenvalue weighted by Crippen LogP contribution is -2.54. The Labute approximate surface area is 301 Å². The fraction of sp³-hybridized carbons (Fsp3) is 0.432. The van der Waals surface area contributed by atoms with E-state index < -0.39 is 29.7 Å². The van der Waals surface area contributed by atoms with Gasteiger partial charge in [-0.2, -0.15) is 0 Å². The molecule has 0 aliphatic carbocycles. The minimum atomic E-state index is -0.988. The number of rotatable bonds is 15. The number of para-hydroxylation sites is 1. The summed E-state index contributed by atoms with van der Waals surface area (Å²) in [6.45, 7) is 4.40. The fourth-order valence-electron chi connectivity index (χ4n) is 6.94. The summed E-state index contributed by atoms with van der Waals surface area (Å²) in [6, 6.07) is 12.9. The molecule has 2 aromatic carbocycles. The van der Waals surface area contributed by atoms with Gasteiger partial charge in [-0.05, 0) is 49.6 Å². The Morgan fingerprint density at radius 2 is 1.58 bits per heavy atom. The molecule has 0 bridgehead atoms. The molecule has 0 spiro atoms. The summed E-state index contributed by atoms with van der Waals surface area (Å²) in [4.78, 5) is 68.0. The number of aromatic hydroxyl groups is 1. The first-order valence-electron chi connectivity index (χ1n) is 18.0. The molecule has 6 rings (SSSR count). The molecule has 3 aliphatic rings. The van der Waals surface area contributed by atoms with Crippen LogP contribution in [0.2, 0.25) is 0 Å². The maximum atomic E-state index is 13.2. The molecule has 274 valence electrons. The van der Waals surface area contributed by atoms with Gasteiger partial charge < -0.3 is 26.4 Å². The van der Waals surface area contributed by atoms with E-state index in [1.807, 2.05) is 12.1 Å². The minimum absolute atomic E-state index is 0.0132. The van der Waals surface area contributed by atoms with Crippen LogP contribution in [0.25, 0.3) is 11.3 Å². The van der Waals surface area contributed by atoms with Crippen molar-refractivity contribution >= 4 is 46.7 Å². The Bertz CT molecular complexity index is 1830. The molecule has 2 saturated heterocycles. The summed E-state index contributed by atoms with van der Waals surface area (Å²) in [5, 5.41) is 27.0. The van der Waals surface area contributed by atoms with E-state index in [0.717, 1.165) is 49.1 Å². The summed E-state index contributed by atoms with van der Waals surface area (Å²) in [5.41, 5.74) is 9.16. The highest BCUT2D eigenvalue weighted by Gasteiger charge is 2.45. The van der Waals surface area contributed by atoms with Gasteiger partial charge in [-0.15, -0.1) is 10.2 Å². The van der Waals surface area contributed by atoms with Crippen molar-refractivity contribution in [2.75, 3.05) is 61.8 Å². The monoisotopic (exact) mass is 711 g/mol. The number of fused-ring (bicyclic) bond motifs is 1. The molecule has 6 N–H and O–H groups in total. The number of nitrogens with zero attached hydrogens (tertiary/aromatic N) is 5. The van der Waals surface area contributed by atoms with Crippen LogP contribution in [0.5, 0.6) is 5.75 Å². The van der Waals surface area contributed by atoms with E-state index in [1.54, 1.807) is 36.4 Å². The highest BCUT2D eigenvalue weighted by atomic mass is 16.3. The number of imide groups is 2. The molecule has 4 heterocycles. The van der Waals surface area contributed by atoms with Gasteiger partial charge in [-0.3, -0.25) is 39.1 Å². The number of nitrogens with one attached hydrogen (secondary N) is 3. The van der Waals surface area contributed by atoms with Gasteiger partial charge in [-0.1, -0.05) is 43.9 Å². The average Bonchev–Trinajstić information content (AvgIpc) is 3.39. The molecule has 5 amide bonds. The molecule has 3 aliphatic heterocycles. The number of carbonyl (C=O) groups is 5. The fourth-order valence-corrected chi connectivity index (χ4v) is 6.94. The number of nitrogens with two attached hydrogens (primary N) is 1. The second-order valence-electron chi connectivity index (χ2n) is 13.4. The summed E-state index contributed by atoms with van der Waals surface area (Å²) in [6.07, 6.45) is 6.08. The van der Waals surface area contributed by atoms with Crippen LogP contribution >= 0.6 is 0 Å². The second kappa shape index (κ2) is 16.6. The Morgan fingerprint density at radius 3 is 2.33 bits per heavy atom. The molecule has 0 saturated carbocycles. The first-order valence-corrected chi connectivity index (χ1v) is 18.0. The van der Waals surface area contributed by atoms with Crippen LogP contribution in [0.15, 0.2) is 48.5 Å². The lowest BCUT2D eigenvalue weighted by Gasteiger charge is -2.36. The SMILES string of the molecule is Nc1nnc(-c2ccccc2O)cc1N1CCN(CC(=O)NCCCCCCCCNc2cccc3c2C(=O)N(C2CCC(=O)NC2=O)C3=O)CC1. The van der Waals surface area contributed by atoms with Gasteiger partial charge in [0.1, 0.15) is 11.8 Å². The van der Waals surface area contributed by atoms with E-state index in [-0.39, 0.29) is 35.6 Å². The number of piperidine rings is 1. The van der Waals surface area contributed by atoms with E-state index in [2.05, 4.69) is 35.9 Å². The van der Waals surface area contributed by atoms with Gasteiger partial charge in [0.2, 0.25) is 17.7 Å². The van der Waals surface area contributed by atoms with Crippen LogP contribution in [-0.2, 0) is 14.4 Å². The number of piperazine rings is 1. The van der Waals surface area contributed by atoms with Crippen LogP contribution in [0.1, 0.15) is 72.1 Å². The number of anilines is 3. The van der Waals surface area contributed by atoms with Crippen molar-refractivity contribution in [3.8, 4) is 17.0 Å². The molecule has 1 unspecified atom stereocenters. The van der Waals surface area contributed by atoms with Crippen molar-refractivity contribution in [2.24, 2.45) is 0 Å². The Balaban J connectivity index is 0.832. The lowest BCUT2D eigenvalue weighted by molar-refractivity contribution is -0.136.